The lowest BCUT2D eigenvalue weighted by Gasteiger charge is -2.30. The minimum absolute atomic E-state index is 0.801. The van der Waals surface area contributed by atoms with Gasteiger partial charge in [-0.05, 0) is 29.8 Å². The number of rotatable bonds is 4. The van der Waals surface area contributed by atoms with Gasteiger partial charge in [-0.15, -0.1) is 0 Å². The van der Waals surface area contributed by atoms with Gasteiger partial charge in [0, 0.05) is 15.1 Å². The lowest BCUT2D eigenvalue weighted by Crippen LogP contribution is -3.13. The first-order valence-corrected chi connectivity index (χ1v) is 8.99. The maximum atomic E-state index is 5.94. The number of hydrogen-bond acceptors (Lipinski definition) is 2. The second kappa shape index (κ2) is 7.95. The van der Waals surface area contributed by atoms with E-state index in [2.05, 4.69) is 50.3 Å². The van der Waals surface area contributed by atoms with Gasteiger partial charge in [0.05, 0.1) is 32.4 Å². The van der Waals surface area contributed by atoms with Crippen molar-refractivity contribution in [2.24, 2.45) is 5.10 Å². The van der Waals surface area contributed by atoms with E-state index in [1.165, 1.54) is 5.56 Å². The molecule has 0 unspecified atom stereocenters. The predicted molar refractivity (Wildman–Crippen MR) is 99.2 cm³/mol. The summed E-state index contributed by atoms with van der Waals surface area (Å²) in [5.41, 5.74) is 2.46. The highest BCUT2D eigenvalue weighted by molar-refractivity contribution is 9.10. The monoisotopic (exact) mass is 392 g/mol. The molecule has 5 heteroatoms. The maximum Gasteiger partial charge on any atom is 0.103 e. The second-order valence-electron chi connectivity index (χ2n) is 5.81. The van der Waals surface area contributed by atoms with Gasteiger partial charge in [0.2, 0.25) is 0 Å². The smallest absolute Gasteiger partial charge is 0.103 e. The molecule has 120 valence electrons. The van der Waals surface area contributed by atoms with Crippen molar-refractivity contribution >= 4 is 33.7 Å². The molecule has 1 N–H and O–H groups in total. The Kier molecular flexibility index (Phi) is 5.70. The molecule has 23 heavy (non-hydrogen) atoms. The van der Waals surface area contributed by atoms with Gasteiger partial charge in [-0.3, -0.25) is 5.01 Å². The van der Waals surface area contributed by atoms with Crippen LogP contribution < -0.4 is 4.90 Å². The minimum atomic E-state index is 0.801. The zero-order chi connectivity index (χ0) is 16.1. The number of benzene rings is 2. The van der Waals surface area contributed by atoms with Gasteiger partial charge in [0.15, 0.2) is 0 Å². The van der Waals surface area contributed by atoms with Crippen LogP contribution in [0.15, 0.2) is 58.1 Å². The first kappa shape index (κ1) is 16.5. The van der Waals surface area contributed by atoms with E-state index in [4.69, 9.17) is 11.6 Å². The minimum Gasteiger partial charge on any atom is -0.328 e. The van der Waals surface area contributed by atoms with Crippen LogP contribution in [0.2, 0.25) is 5.02 Å². The Labute approximate surface area is 150 Å². The summed E-state index contributed by atoms with van der Waals surface area (Å²) in [6, 6.07) is 16.4. The van der Waals surface area contributed by atoms with Crippen LogP contribution in [-0.4, -0.2) is 37.4 Å². The fraction of sp³-hybridized carbons (Fsp3) is 0.278. The van der Waals surface area contributed by atoms with Crippen LogP contribution in [0.1, 0.15) is 11.1 Å². The molecule has 2 aromatic carbocycles. The lowest BCUT2D eigenvalue weighted by molar-refractivity contribution is -0.918. The maximum absolute atomic E-state index is 5.94. The molecular formula is C18H20BrClN3+. The summed E-state index contributed by atoms with van der Waals surface area (Å²) in [6.07, 6.45) is 1.94. The fourth-order valence-corrected chi connectivity index (χ4v) is 3.27. The molecule has 0 bridgehead atoms. The standard InChI is InChI=1S/C18H19BrClN3/c19-17-3-1-2-16(12-17)13-21-23-10-8-22(9-11-23)14-15-4-6-18(20)7-5-15/h1-7,12-13H,8-11,14H2/p+1. The average molecular weight is 394 g/mol. The lowest BCUT2D eigenvalue weighted by atomic mass is 10.2. The molecule has 0 atom stereocenters. The van der Waals surface area contributed by atoms with Gasteiger partial charge < -0.3 is 4.90 Å². The van der Waals surface area contributed by atoms with E-state index >= 15 is 0 Å². The zero-order valence-electron chi connectivity index (χ0n) is 12.9. The number of piperazine rings is 1. The highest BCUT2D eigenvalue weighted by Gasteiger charge is 2.18. The van der Waals surface area contributed by atoms with Gasteiger partial charge in [0.25, 0.3) is 0 Å². The quantitative estimate of drug-likeness (QED) is 0.792. The molecule has 0 radical (unpaired) electrons. The van der Waals surface area contributed by atoms with Crippen LogP contribution in [-0.2, 0) is 6.54 Å². The van der Waals surface area contributed by atoms with Crippen LogP contribution >= 0.6 is 27.5 Å². The van der Waals surface area contributed by atoms with Gasteiger partial charge in [-0.1, -0.05) is 51.8 Å². The summed E-state index contributed by atoms with van der Waals surface area (Å²) in [5.74, 6) is 0. The molecular weight excluding hydrogens is 374 g/mol. The third kappa shape index (κ3) is 5.06. The third-order valence-corrected chi connectivity index (χ3v) is 4.78. The summed E-state index contributed by atoms with van der Waals surface area (Å²) >= 11 is 9.42. The molecule has 0 saturated carbocycles. The van der Waals surface area contributed by atoms with E-state index in [0.29, 0.717) is 0 Å². The Bertz CT molecular complexity index is 664. The van der Waals surface area contributed by atoms with Crippen LogP contribution in [0.4, 0.5) is 0 Å². The predicted octanol–water partition coefficient (Wildman–Crippen LogP) is 2.84. The van der Waals surface area contributed by atoms with E-state index in [-0.39, 0.29) is 0 Å². The molecule has 3 nitrogen and oxygen atoms in total. The Morgan fingerprint density at radius 2 is 1.87 bits per heavy atom. The molecule has 1 saturated heterocycles. The van der Waals surface area contributed by atoms with Crippen molar-refractivity contribution in [3.63, 3.8) is 0 Å². The number of hydrogen-bond donors (Lipinski definition) is 1. The molecule has 0 amide bonds. The van der Waals surface area contributed by atoms with Gasteiger partial charge in [0.1, 0.15) is 6.54 Å². The number of quaternary nitrogens is 1. The van der Waals surface area contributed by atoms with Gasteiger partial charge in [-0.25, -0.2) is 0 Å². The molecule has 1 aliphatic heterocycles. The highest BCUT2D eigenvalue weighted by Crippen LogP contribution is 2.10. The van der Waals surface area contributed by atoms with Crippen molar-refractivity contribution in [1.82, 2.24) is 5.01 Å². The zero-order valence-corrected chi connectivity index (χ0v) is 15.2. The van der Waals surface area contributed by atoms with Crippen molar-refractivity contribution in [3.8, 4) is 0 Å². The molecule has 1 fully saturated rings. The van der Waals surface area contributed by atoms with Crippen molar-refractivity contribution < 1.29 is 4.90 Å². The molecule has 0 spiro atoms. The van der Waals surface area contributed by atoms with E-state index < -0.39 is 0 Å². The van der Waals surface area contributed by atoms with E-state index in [1.54, 1.807) is 4.90 Å². The average Bonchev–Trinajstić information content (AvgIpc) is 2.56. The Morgan fingerprint density at radius 3 is 2.57 bits per heavy atom. The van der Waals surface area contributed by atoms with E-state index in [9.17, 15) is 0 Å². The summed E-state index contributed by atoms with van der Waals surface area (Å²) in [4.78, 5) is 1.60. The third-order valence-electron chi connectivity index (χ3n) is 4.03. The molecule has 3 rings (SSSR count). The molecule has 1 heterocycles. The number of halogens is 2. The van der Waals surface area contributed by atoms with Crippen LogP contribution in [0.3, 0.4) is 0 Å². The van der Waals surface area contributed by atoms with Crippen molar-refractivity contribution in [3.05, 3.63) is 69.2 Å². The summed E-state index contributed by atoms with van der Waals surface area (Å²) < 4.78 is 1.08. The highest BCUT2D eigenvalue weighted by atomic mass is 79.9. The number of hydrazone groups is 1. The van der Waals surface area contributed by atoms with Crippen LogP contribution in [0.5, 0.6) is 0 Å². The molecule has 2 aromatic rings. The van der Waals surface area contributed by atoms with Crippen molar-refractivity contribution in [1.29, 1.82) is 0 Å². The first-order valence-electron chi connectivity index (χ1n) is 7.81. The molecule has 1 aliphatic rings. The molecule has 0 aliphatic carbocycles. The van der Waals surface area contributed by atoms with Gasteiger partial charge in [-0.2, -0.15) is 5.10 Å². The van der Waals surface area contributed by atoms with Crippen LogP contribution in [0, 0.1) is 0 Å². The van der Waals surface area contributed by atoms with E-state index in [1.807, 2.05) is 30.5 Å². The first-order chi connectivity index (χ1) is 11.2. The Morgan fingerprint density at radius 1 is 1.13 bits per heavy atom. The summed E-state index contributed by atoms with van der Waals surface area (Å²) in [5, 5.41) is 7.56. The van der Waals surface area contributed by atoms with Crippen molar-refractivity contribution in [2.45, 2.75) is 6.54 Å². The van der Waals surface area contributed by atoms with Crippen LogP contribution in [0.25, 0.3) is 0 Å². The largest absolute Gasteiger partial charge is 0.328 e. The Hall–Kier alpha value is -1.36. The Balaban J connectivity index is 1.49. The molecule has 0 aromatic heterocycles. The fourth-order valence-electron chi connectivity index (χ4n) is 2.73. The SMILES string of the molecule is Clc1ccc(C[NH+]2CCN(N=Cc3cccc(Br)c3)CC2)cc1. The number of nitrogens with one attached hydrogen (secondary N) is 1. The summed E-state index contributed by atoms with van der Waals surface area (Å²) in [6.45, 7) is 5.26. The topological polar surface area (TPSA) is 20.0 Å². The van der Waals surface area contributed by atoms with Gasteiger partial charge >= 0.3 is 0 Å². The second-order valence-corrected chi connectivity index (χ2v) is 7.16. The van der Waals surface area contributed by atoms with E-state index in [0.717, 1.165) is 47.8 Å². The summed E-state index contributed by atoms with van der Waals surface area (Å²) in [7, 11) is 0. The number of nitrogens with zero attached hydrogens (tertiary/aromatic N) is 2. The normalized spacial score (nSPS) is 16.2. The van der Waals surface area contributed by atoms with Crippen molar-refractivity contribution in [2.75, 3.05) is 26.2 Å².